The van der Waals surface area contributed by atoms with E-state index in [0.29, 0.717) is 16.1 Å². The van der Waals surface area contributed by atoms with E-state index in [9.17, 15) is 14.9 Å². The number of carbonyl (C=O) groups excluding carboxylic acids is 2. The number of anilines is 1. The van der Waals surface area contributed by atoms with Gasteiger partial charge in [0.25, 0.3) is 5.91 Å². The molecule has 0 aliphatic rings. The number of nitriles is 1. The van der Waals surface area contributed by atoms with Crippen LogP contribution in [-0.2, 0) is 9.53 Å². The molecule has 0 saturated heterocycles. The Kier molecular flexibility index (Phi) is 8.95. The highest BCUT2D eigenvalue weighted by Crippen LogP contribution is 2.36. The van der Waals surface area contributed by atoms with Gasteiger partial charge in [-0.3, -0.25) is 4.79 Å². The molecule has 0 fully saturated rings. The number of carbonyl (C=O) groups is 2. The summed E-state index contributed by atoms with van der Waals surface area (Å²) in [5.41, 5.74) is 6.93. The maximum Gasteiger partial charge on any atom is 0.341 e. The maximum absolute atomic E-state index is 13.3. The van der Waals surface area contributed by atoms with Gasteiger partial charge in [-0.2, -0.15) is 10.4 Å². The van der Waals surface area contributed by atoms with Crippen LogP contribution in [0.25, 0.3) is 45.4 Å². The van der Waals surface area contributed by atoms with Gasteiger partial charge in [0.05, 0.1) is 23.7 Å². The summed E-state index contributed by atoms with van der Waals surface area (Å²) in [6, 6.07) is 41.0. The van der Waals surface area contributed by atoms with Crippen LogP contribution in [-0.4, -0.2) is 28.3 Å². The zero-order valence-electron chi connectivity index (χ0n) is 24.9. The third-order valence-electron chi connectivity index (χ3n) is 7.24. The SMILES string of the molecule is CCOC(=O)c1c(-c2ccccc2)csc1NC(=O)C(C#N)=Cc1ccc(-n2nc(-c3ccccc3)cc2-c2ccccc2)cc1. The van der Waals surface area contributed by atoms with Crippen LogP contribution in [0.1, 0.15) is 22.8 Å². The molecular weight excluding hydrogens is 593 g/mol. The second kappa shape index (κ2) is 13.7. The molecule has 0 spiro atoms. The summed E-state index contributed by atoms with van der Waals surface area (Å²) in [7, 11) is 0. The topological polar surface area (TPSA) is 97.0 Å². The average Bonchev–Trinajstić information content (AvgIpc) is 3.74. The minimum Gasteiger partial charge on any atom is -0.462 e. The number of esters is 1. The van der Waals surface area contributed by atoms with Gasteiger partial charge in [-0.1, -0.05) is 103 Å². The number of thiophene rings is 1. The Morgan fingerprint density at radius 2 is 1.48 bits per heavy atom. The summed E-state index contributed by atoms with van der Waals surface area (Å²) in [4.78, 5) is 26.2. The van der Waals surface area contributed by atoms with Gasteiger partial charge in [-0.05, 0) is 42.3 Å². The average molecular weight is 621 g/mol. The largest absolute Gasteiger partial charge is 0.462 e. The van der Waals surface area contributed by atoms with Gasteiger partial charge in [0, 0.05) is 22.1 Å². The molecule has 0 aliphatic heterocycles. The number of hydrogen-bond donors (Lipinski definition) is 1. The lowest BCUT2D eigenvalue weighted by atomic mass is 10.0. The van der Waals surface area contributed by atoms with Gasteiger partial charge in [0.2, 0.25) is 0 Å². The van der Waals surface area contributed by atoms with Crippen molar-refractivity contribution in [2.24, 2.45) is 0 Å². The van der Waals surface area contributed by atoms with Crippen LogP contribution in [0.2, 0.25) is 0 Å². The summed E-state index contributed by atoms with van der Waals surface area (Å²) in [6.45, 7) is 1.91. The fourth-order valence-corrected chi connectivity index (χ4v) is 5.98. The lowest BCUT2D eigenvalue weighted by molar-refractivity contribution is -0.112. The second-order valence-corrected chi connectivity index (χ2v) is 11.1. The van der Waals surface area contributed by atoms with E-state index in [1.165, 1.54) is 17.4 Å². The lowest BCUT2D eigenvalue weighted by Crippen LogP contribution is -2.16. The molecule has 0 radical (unpaired) electrons. The zero-order chi connectivity index (χ0) is 31.9. The smallest absolute Gasteiger partial charge is 0.341 e. The van der Waals surface area contributed by atoms with Crippen molar-refractivity contribution in [3.63, 3.8) is 0 Å². The molecule has 46 heavy (non-hydrogen) atoms. The molecule has 8 heteroatoms. The van der Waals surface area contributed by atoms with Gasteiger partial charge < -0.3 is 10.1 Å². The first-order valence-corrected chi connectivity index (χ1v) is 15.5. The van der Waals surface area contributed by atoms with Gasteiger partial charge in [-0.15, -0.1) is 11.3 Å². The minimum atomic E-state index is -0.621. The van der Waals surface area contributed by atoms with E-state index in [1.807, 2.05) is 126 Å². The van der Waals surface area contributed by atoms with Crippen molar-refractivity contribution in [2.45, 2.75) is 6.92 Å². The quantitative estimate of drug-likeness (QED) is 0.0991. The van der Waals surface area contributed by atoms with Crippen molar-refractivity contribution in [1.29, 1.82) is 5.26 Å². The standard InChI is InChI=1S/C38H28N4O3S/c1-2-45-38(44)35-32(27-12-6-3-7-13-27)25-46-37(35)40-36(43)30(24-39)22-26-18-20-31(21-19-26)42-34(29-16-10-5-11-17-29)23-33(41-42)28-14-8-4-9-15-28/h3-23,25H,2H2,1H3,(H,40,43). The van der Waals surface area contributed by atoms with E-state index in [2.05, 4.69) is 11.4 Å². The van der Waals surface area contributed by atoms with Crippen molar-refractivity contribution >= 4 is 34.3 Å². The number of nitrogens with one attached hydrogen (secondary N) is 1. The van der Waals surface area contributed by atoms with Gasteiger partial charge in [0.15, 0.2) is 0 Å². The van der Waals surface area contributed by atoms with Crippen molar-refractivity contribution in [3.05, 3.63) is 143 Å². The summed E-state index contributed by atoms with van der Waals surface area (Å²) < 4.78 is 7.18. The Bertz CT molecular complexity index is 2060. The first kappa shape index (κ1) is 30.0. The fraction of sp³-hybridized carbons (Fsp3) is 0.0526. The molecule has 0 saturated carbocycles. The number of amides is 1. The predicted octanol–water partition coefficient (Wildman–Crippen LogP) is 8.66. The van der Waals surface area contributed by atoms with Crippen molar-refractivity contribution < 1.29 is 14.3 Å². The first-order chi connectivity index (χ1) is 22.6. The summed E-state index contributed by atoms with van der Waals surface area (Å²) in [5.74, 6) is -1.16. The first-order valence-electron chi connectivity index (χ1n) is 14.6. The third-order valence-corrected chi connectivity index (χ3v) is 8.14. The fourth-order valence-electron chi connectivity index (χ4n) is 5.03. The Morgan fingerprint density at radius 1 is 0.870 bits per heavy atom. The molecule has 0 unspecified atom stereocenters. The van der Waals surface area contributed by atoms with Crippen LogP contribution in [0.5, 0.6) is 0 Å². The predicted molar refractivity (Wildman–Crippen MR) is 182 cm³/mol. The van der Waals surface area contributed by atoms with E-state index in [1.54, 1.807) is 12.3 Å². The Morgan fingerprint density at radius 3 is 2.09 bits per heavy atom. The molecule has 0 aliphatic carbocycles. The maximum atomic E-state index is 13.3. The van der Waals surface area contributed by atoms with Crippen molar-refractivity contribution in [2.75, 3.05) is 11.9 Å². The number of benzene rings is 4. The molecular formula is C38H28N4O3S. The molecule has 1 amide bonds. The monoisotopic (exact) mass is 620 g/mol. The molecule has 224 valence electrons. The van der Waals surface area contributed by atoms with E-state index in [-0.39, 0.29) is 17.7 Å². The van der Waals surface area contributed by atoms with Crippen molar-refractivity contribution in [3.8, 4) is 45.4 Å². The normalized spacial score (nSPS) is 11.1. The summed E-state index contributed by atoms with van der Waals surface area (Å²) >= 11 is 1.21. The van der Waals surface area contributed by atoms with Gasteiger partial charge in [0.1, 0.15) is 22.2 Å². The lowest BCUT2D eigenvalue weighted by Gasteiger charge is -2.09. The van der Waals surface area contributed by atoms with Crippen molar-refractivity contribution in [1.82, 2.24) is 9.78 Å². The number of nitrogens with zero attached hydrogens (tertiary/aromatic N) is 3. The Hall–Kier alpha value is -6.04. The molecule has 6 aromatic rings. The van der Waals surface area contributed by atoms with Crippen LogP contribution in [0.3, 0.4) is 0 Å². The number of ether oxygens (including phenoxy) is 1. The van der Waals surface area contributed by atoms with Crippen LogP contribution >= 0.6 is 11.3 Å². The molecule has 4 aromatic carbocycles. The number of rotatable bonds is 9. The van der Waals surface area contributed by atoms with E-state index in [0.717, 1.165) is 33.8 Å². The number of aromatic nitrogens is 2. The molecule has 1 N–H and O–H groups in total. The van der Waals surface area contributed by atoms with E-state index in [4.69, 9.17) is 9.84 Å². The van der Waals surface area contributed by atoms with Gasteiger partial charge >= 0.3 is 5.97 Å². The molecule has 2 heterocycles. The van der Waals surface area contributed by atoms with Crippen LogP contribution in [0, 0.1) is 11.3 Å². The van der Waals surface area contributed by atoms with Crippen LogP contribution < -0.4 is 5.32 Å². The molecule has 6 rings (SSSR count). The molecule has 0 atom stereocenters. The Balaban J connectivity index is 1.28. The highest BCUT2D eigenvalue weighted by Gasteiger charge is 2.24. The zero-order valence-corrected chi connectivity index (χ0v) is 25.7. The summed E-state index contributed by atoms with van der Waals surface area (Å²) in [6.07, 6.45) is 1.52. The van der Waals surface area contributed by atoms with Crippen LogP contribution in [0.15, 0.2) is 132 Å². The molecule has 2 aromatic heterocycles. The Labute approximate surface area is 270 Å². The highest BCUT2D eigenvalue weighted by molar-refractivity contribution is 7.15. The highest BCUT2D eigenvalue weighted by atomic mass is 32.1. The van der Waals surface area contributed by atoms with Gasteiger partial charge in [-0.25, -0.2) is 9.48 Å². The molecule has 0 bridgehead atoms. The van der Waals surface area contributed by atoms with E-state index >= 15 is 0 Å². The molecule has 7 nitrogen and oxygen atoms in total. The third kappa shape index (κ3) is 6.41. The number of hydrogen-bond acceptors (Lipinski definition) is 6. The second-order valence-electron chi connectivity index (χ2n) is 10.2. The van der Waals surface area contributed by atoms with Crippen LogP contribution in [0.4, 0.5) is 5.00 Å². The van der Waals surface area contributed by atoms with E-state index < -0.39 is 11.9 Å². The summed E-state index contributed by atoms with van der Waals surface area (Å²) in [5, 5.41) is 19.7. The minimum absolute atomic E-state index is 0.104.